The zero-order chi connectivity index (χ0) is 50.2. The zero-order valence-corrected chi connectivity index (χ0v) is 44.1. The molecule has 3 N–H and O–H groups in total. The summed E-state index contributed by atoms with van der Waals surface area (Å²) in [7, 11) is 2.37. The third-order valence-corrected chi connectivity index (χ3v) is 10.8. The van der Waals surface area contributed by atoms with Crippen LogP contribution in [0.2, 0.25) is 0 Å². The summed E-state index contributed by atoms with van der Waals surface area (Å²) in [5.74, 6) is -2.00. The van der Waals surface area contributed by atoms with Gasteiger partial charge in [0, 0.05) is 17.9 Å². The maximum Gasteiger partial charge on any atom is 1.00 e. The fourth-order valence-corrected chi connectivity index (χ4v) is 7.72. The van der Waals surface area contributed by atoms with E-state index in [1.165, 1.54) is 7.11 Å². The number of aromatic carboxylic acids is 1. The van der Waals surface area contributed by atoms with E-state index < -0.39 is 17.2 Å². The van der Waals surface area contributed by atoms with Gasteiger partial charge >= 0.3 is 53.4 Å². The van der Waals surface area contributed by atoms with Gasteiger partial charge in [0.25, 0.3) is 0 Å². The Morgan fingerprint density at radius 3 is 1.27 bits per heavy atom. The number of methoxy groups -OCH3 is 1. The number of fused-ring (bicyclic) bond motifs is 2. The summed E-state index contributed by atoms with van der Waals surface area (Å²) in [4.78, 5) is 48.5. The number of aliphatic hydroxyl groups is 1. The maximum absolute atomic E-state index is 12.7. The van der Waals surface area contributed by atoms with E-state index in [2.05, 4.69) is 10.2 Å². The molecule has 0 aliphatic carbocycles. The van der Waals surface area contributed by atoms with Crippen LogP contribution >= 0.6 is 0 Å². The van der Waals surface area contributed by atoms with Gasteiger partial charge in [-0.3, -0.25) is 9.36 Å². The van der Waals surface area contributed by atoms with Gasteiger partial charge in [-0.05, 0) is 137 Å². The first-order valence-electron chi connectivity index (χ1n) is 22.3. The van der Waals surface area contributed by atoms with E-state index in [1.807, 2.05) is 162 Å². The van der Waals surface area contributed by atoms with Crippen LogP contribution in [0, 0.1) is 13.8 Å². The molecule has 0 saturated heterocycles. The molecule has 15 heteroatoms. The first-order chi connectivity index (χ1) is 32.8. The summed E-state index contributed by atoms with van der Waals surface area (Å²) < 4.78 is 19.8. The van der Waals surface area contributed by atoms with Crippen molar-refractivity contribution in [3.05, 3.63) is 178 Å². The van der Waals surface area contributed by atoms with Gasteiger partial charge in [-0.15, -0.1) is 0 Å². The Bertz CT molecular complexity index is 3140. The van der Waals surface area contributed by atoms with Crippen LogP contribution in [0.1, 0.15) is 105 Å². The first kappa shape index (κ1) is 56.6. The Kier molecular flexibility index (Phi) is 19.4. The monoisotopic (exact) mass is 970 g/mol. The first-order valence-corrected chi connectivity index (χ1v) is 22.3. The molecule has 0 atom stereocenters. The van der Waals surface area contributed by atoms with Crippen molar-refractivity contribution in [2.45, 2.75) is 79.7 Å². The number of carboxylic acid groups (broad SMARTS) is 1. The van der Waals surface area contributed by atoms with Crippen LogP contribution < -0.4 is 29.6 Å². The maximum atomic E-state index is 12.7. The average Bonchev–Trinajstić information content (AvgIpc) is 3.81. The number of hydrogen-bond acceptors (Lipinski definition) is 11. The van der Waals surface area contributed by atoms with E-state index in [4.69, 9.17) is 19.3 Å². The van der Waals surface area contributed by atoms with Crippen LogP contribution in [0.4, 0.5) is 0 Å². The Hall–Kier alpha value is -6.94. The van der Waals surface area contributed by atoms with Crippen molar-refractivity contribution in [1.29, 1.82) is 0 Å². The van der Waals surface area contributed by atoms with Crippen molar-refractivity contribution in [3.63, 3.8) is 0 Å². The van der Waals surface area contributed by atoms with E-state index in [1.54, 1.807) is 36.4 Å². The Morgan fingerprint density at radius 2 is 0.901 bits per heavy atom. The second kappa shape index (κ2) is 24.3. The van der Waals surface area contributed by atoms with Crippen molar-refractivity contribution >= 4 is 45.7 Å². The smallest absolute Gasteiger partial charge is 0.870 e. The molecule has 0 aliphatic rings. The summed E-state index contributed by atoms with van der Waals surface area (Å²) in [5.41, 5.74) is 9.80. The van der Waals surface area contributed by atoms with Crippen LogP contribution in [-0.4, -0.2) is 84.5 Å². The molecule has 0 bridgehead atoms. The van der Waals surface area contributed by atoms with Crippen LogP contribution in [0.25, 0.3) is 44.1 Å². The summed E-state index contributed by atoms with van der Waals surface area (Å²) in [6, 6.07) is 41.5. The number of rotatable bonds is 10. The molecule has 0 unspecified atom stereocenters. The number of carbonyl (C=O) groups is 4. The van der Waals surface area contributed by atoms with Crippen LogP contribution in [0.5, 0.6) is 0 Å². The van der Waals surface area contributed by atoms with E-state index in [0.29, 0.717) is 29.8 Å². The normalized spacial score (nSPS) is 10.9. The van der Waals surface area contributed by atoms with Crippen LogP contribution in [0.3, 0.4) is 0 Å². The quantitative estimate of drug-likeness (QED) is 0.0762. The summed E-state index contributed by atoms with van der Waals surface area (Å²) in [5, 5.41) is 27.3. The molecule has 0 spiro atoms. The standard InChI is InChI=1S/C28H28N2O4.C27H26N2O4.CH4O.Na.H2O/c1-18-24-16-21(26(31)33-5)14-15-25(24)30(29-18)17-19-10-12-20(13-11-19)22-8-6-7-9-23(22)27(32)34-28(2,3)4;1-17-23-15-20(25(30)31)13-14-24(23)29(28-17)16-18-9-11-19(12-10-18)21-7-5-6-8-22(21)26(32)33-27(2,3)4;1-2;;/h6-16H,17H2,1-5H3;5-15H,16H2,1-4H3,(H,30,31);2H,1H3;;1H2/q;;;+1;/p-1. The van der Waals surface area contributed by atoms with E-state index in [-0.39, 0.29) is 58.5 Å². The van der Waals surface area contributed by atoms with Gasteiger partial charge in [0.05, 0.1) is 64.9 Å². The summed E-state index contributed by atoms with van der Waals surface area (Å²) in [6.07, 6.45) is 0. The van der Waals surface area contributed by atoms with Gasteiger partial charge in [-0.25, -0.2) is 19.2 Å². The fraction of sp³-hybridized carbons (Fsp3) is 0.250. The van der Waals surface area contributed by atoms with Crippen molar-refractivity contribution in [2.75, 3.05) is 14.2 Å². The third kappa shape index (κ3) is 14.1. The average molecular weight is 971 g/mol. The van der Waals surface area contributed by atoms with Gasteiger partial charge in [-0.2, -0.15) is 10.2 Å². The molecule has 0 aliphatic heterocycles. The molecule has 14 nitrogen and oxygen atoms in total. The van der Waals surface area contributed by atoms with Crippen molar-refractivity contribution < 1.29 is 78.6 Å². The van der Waals surface area contributed by atoms with E-state index in [9.17, 15) is 24.3 Å². The number of carbonyl (C=O) groups excluding carboxylic acids is 3. The largest absolute Gasteiger partial charge is 1.00 e. The van der Waals surface area contributed by atoms with Gasteiger partial charge in [0.2, 0.25) is 0 Å². The number of nitrogens with zero attached hydrogens (tertiary/aromatic N) is 4. The number of aryl methyl sites for hydroxylation is 2. The molecule has 2 heterocycles. The van der Waals surface area contributed by atoms with Crippen LogP contribution in [-0.2, 0) is 27.3 Å². The molecule has 0 saturated carbocycles. The molecule has 2 aromatic heterocycles. The minimum absolute atomic E-state index is 0. The van der Waals surface area contributed by atoms with Crippen molar-refractivity contribution in [2.24, 2.45) is 0 Å². The van der Waals surface area contributed by atoms with E-state index >= 15 is 0 Å². The van der Waals surface area contributed by atoms with Gasteiger partial charge < -0.3 is 29.9 Å². The van der Waals surface area contributed by atoms with Gasteiger partial charge in [0.15, 0.2) is 0 Å². The fourth-order valence-electron chi connectivity index (χ4n) is 7.72. The molecule has 0 fully saturated rings. The molecule has 0 amide bonds. The minimum Gasteiger partial charge on any atom is -0.870 e. The number of aromatic nitrogens is 4. The molecule has 8 rings (SSSR count). The predicted molar refractivity (Wildman–Crippen MR) is 270 cm³/mol. The molecule has 0 radical (unpaired) electrons. The Balaban J connectivity index is 0.000000290. The molecule has 71 heavy (non-hydrogen) atoms. The number of carboxylic acids is 1. The predicted octanol–water partition coefficient (Wildman–Crippen LogP) is 7.95. The molecular formula is C56H59N4NaO10. The number of aliphatic hydroxyl groups excluding tert-OH is 1. The van der Waals surface area contributed by atoms with Gasteiger partial charge in [0.1, 0.15) is 11.2 Å². The van der Waals surface area contributed by atoms with Crippen molar-refractivity contribution in [1.82, 2.24) is 19.6 Å². The molecule has 364 valence electrons. The second-order valence-electron chi connectivity index (χ2n) is 18.2. The Morgan fingerprint density at radius 1 is 0.535 bits per heavy atom. The van der Waals surface area contributed by atoms with Crippen LogP contribution in [0.15, 0.2) is 133 Å². The topological polar surface area (TPSA) is 202 Å². The van der Waals surface area contributed by atoms with Gasteiger partial charge in [-0.1, -0.05) is 84.9 Å². The second-order valence-corrected chi connectivity index (χ2v) is 18.2. The minimum atomic E-state index is -0.952. The van der Waals surface area contributed by atoms with Crippen molar-refractivity contribution in [3.8, 4) is 22.3 Å². The third-order valence-electron chi connectivity index (χ3n) is 10.8. The zero-order valence-electron chi connectivity index (χ0n) is 42.1. The molecule has 6 aromatic carbocycles. The number of benzene rings is 6. The SMILES string of the molecule is CO.COC(=O)c1ccc2c(c1)c(C)nn2Cc1ccc(-c2ccccc2C(=O)OC(C)(C)C)cc1.Cc1nn(Cc2ccc(-c3ccccc3C(=O)OC(C)(C)C)cc2)c2ccc(C(=O)O)cc12.[Na+].[OH-]. The molecular weight excluding hydrogens is 912 g/mol. The number of hydrogen-bond donors (Lipinski definition) is 2. The summed E-state index contributed by atoms with van der Waals surface area (Å²) in [6.45, 7) is 16.1. The number of ether oxygens (including phenoxy) is 3. The van der Waals surface area contributed by atoms with E-state index in [0.717, 1.165) is 73.7 Å². The Labute approximate surface area is 435 Å². The molecule has 8 aromatic rings. The number of esters is 3. The summed E-state index contributed by atoms with van der Waals surface area (Å²) >= 11 is 0.